The van der Waals surface area contributed by atoms with E-state index in [1.807, 2.05) is 0 Å². The predicted molar refractivity (Wildman–Crippen MR) is 115 cm³/mol. The largest absolute Gasteiger partial charge is 0.492 e. The standard InChI is InChI=1S/C25H27F2NO2/c1-3-28(4-2)17-18-30-24-15-9-21(10-16-24)25(29,19-5-11-22(26)12-6-19)20-7-13-23(27)14-8-20/h5-16,29H,3-4,17-18H2,1-2H3. The second-order valence-electron chi connectivity index (χ2n) is 7.12. The number of ether oxygens (including phenoxy) is 1. The third-order valence-electron chi connectivity index (χ3n) is 5.37. The fourth-order valence-electron chi connectivity index (χ4n) is 3.51. The minimum atomic E-state index is -1.55. The number of likely N-dealkylation sites (N-methyl/N-ethyl adjacent to an activating group) is 1. The summed E-state index contributed by atoms with van der Waals surface area (Å²) in [6.45, 7) is 7.58. The minimum Gasteiger partial charge on any atom is -0.492 e. The van der Waals surface area contributed by atoms with E-state index >= 15 is 0 Å². The molecule has 0 aliphatic heterocycles. The molecule has 0 fully saturated rings. The van der Waals surface area contributed by atoms with E-state index in [1.165, 1.54) is 48.5 Å². The summed E-state index contributed by atoms with van der Waals surface area (Å²) in [5, 5.41) is 11.7. The molecule has 0 atom stereocenters. The number of aliphatic hydroxyl groups is 1. The number of hydrogen-bond donors (Lipinski definition) is 1. The van der Waals surface area contributed by atoms with Crippen LogP contribution in [0.4, 0.5) is 8.78 Å². The third kappa shape index (κ3) is 4.86. The van der Waals surface area contributed by atoms with E-state index in [2.05, 4.69) is 18.7 Å². The highest BCUT2D eigenvalue weighted by Crippen LogP contribution is 2.37. The number of nitrogens with zero attached hydrogens (tertiary/aromatic N) is 1. The average Bonchev–Trinajstić information content (AvgIpc) is 2.77. The van der Waals surface area contributed by atoms with Crippen molar-refractivity contribution in [3.8, 4) is 5.75 Å². The number of benzene rings is 3. The molecule has 3 aromatic carbocycles. The Kier molecular flexibility index (Phi) is 7.19. The first kappa shape index (κ1) is 21.9. The lowest BCUT2D eigenvalue weighted by molar-refractivity contribution is 0.125. The summed E-state index contributed by atoms with van der Waals surface area (Å²) in [6.07, 6.45) is 0. The Bertz CT molecular complexity index is 875. The van der Waals surface area contributed by atoms with Crippen LogP contribution in [0.2, 0.25) is 0 Å². The van der Waals surface area contributed by atoms with Gasteiger partial charge in [-0.1, -0.05) is 50.2 Å². The zero-order chi connectivity index (χ0) is 21.6. The molecule has 0 spiro atoms. The molecule has 3 aromatic rings. The Morgan fingerprint density at radius 1 is 0.733 bits per heavy atom. The van der Waals surface area contributed by atoms with Gasteiger partial charge >= 0.3 is 0 Å². The van der Waals surface area contributed by atoms with Gasteiger partial charge in [-0.3, -0.25) is 0 Å². The van der Waals surface area contributed by atoms with Crippen LogP contribution in [0.1, 0.15) is 30.5 Å². The van der Waals surface area contributed by atoms with Crippen molar-refractivity contribution in [2.24, 2.45) is 0 Å². The minimum absolute atomic E-state index is 0.392. The van der Waals surface area contributed by atoms with Gasteiger partial charge in [0, 0.05) is 6.54 Å². The zero-order valence-electron chi connectivity index (χ0n) is 17.3. The van der Waals surface area contributed by atoms with Gasteiger partial charge in [-0.05, 0) is 66.2 Å². The molecule has 3 nitrogen and oxygen atoms in total. The maximum absolute atomic E-state index is 13.5. The van der Waals surface area contributed by atoms with Crippen LogP contribution in [0.25, 0.3) is 0 Å². The molecular weight excluding hydrogens is 384 g/mol. The molecule has 0 aliphatic carbocycles. The van der Waals surface area contributed by atoms with Crippen LogP contribution >= 0.6 is 0 Å². The summed E-state index contributed by atoms with van der Waals surface area (Å²) in [5.41, 5.74) is 0.00876. The van der Waals surface area contributed by atoms with Crippen molar-refractivity contribution in [2.45, 2.75) is 19.4 Å². The van der Waals surface area contributed by atoms with Crippen LogP contribution in [0.15, 0.2) is 72.8 Å². The second kappa shape index (κ2) is 9.83. The first-order chi connectivity index (χ1) is 14.5. The highest BCUT2D eigenvalue weighted by molar-refractivity contribution is 5.48. The molecule has 0 aliphatic rings. The first-order valence-electron chi connectivity index (χ1n) is 10.2. The van der Waals surface area contributed by atoms with Gasteiger partial charge in [0.05, 0.1) is 0 Å². The zero-order valence-corrected chi connectivity index (χ0v) is 17.3. The number of rotatable bonds is 9. The summed E-state index contributed by atoms with van der Waals surface area (Å²) < 4.78 is 32.7. The van der Waals surface area contributed by atoms with Crippen LogP contribution < -0.4 is 4.74 Å². The summed E-state index contributed by atoms with van der Waals surface area (Å²) in [6, 6.07) is 18.5. The Balaban J connectivity index is 1.88. The molecule has 0 saturated carbocycles. The van der Waals surface area contributed by atoms with E-state index in [0.29, 0.717) is 29.0 Å². The predicted octanol–water partition coefficient (Wildman–Crippen LogP) is 4.97. The van der Waals surface area contributed by atoms with Crippen LogP contribution in [0.5, 0.6) is 5.75 Å². The highest BCUT2D eigenvalue weighted by Gasteiger charge is 2.34. The van der Waals surface area contributed by atoms with Gasteiger partial charge in [0.25, 0.3) is 0 Å². The summed E-state index contributed by atoms with van der Waals surface area (Å²) in [4.78, 5) is 2.27. The lowest BCUT2D eigenvalue weighted by Crippen LogP contribution is -2.29. The van der Waals surface area contributed by atoms with Gasteiger partial charge in [-0.2, -0.15) is 0 Å². The van der Waals surface area contributed by atoms with E-state index in [1.54, 1.807) is 24.3 Å². The summed E-state index contributed by atoms with van der Waals surface area (Å²) in [7, 11) is 0. The van der Waals surface area contributed by atoms with Gasteiger partial charge < -0.3 is 14.7 Å². The lowest BCUT2D eigenvalue weighted by Gasteiger charge is -2.30. The fraction of sp³-hybridized carbons (Fsp3) is 0.280. The number of halogens is 2. The van der Waals surface area contributed by atoms with Gasteiger partial charge in [0.15, 0.2) is 0 Å². The van der Waals surface area contributed by atoms with Crippen molar-refractivity contribution in [3.63, 3.8) is 0 Å². The van der Waals surface area contributed by atoms with Gasteiger partial charge in [0.1, 0.15) is 29.6 Å². The average molecular weight is 411 g/mol. The molecule has 1 N–H and O–H groups in total. The molecule has 158 valence electrons. The Hall–Kier alpha value is -2.76. The molecule has 0 saturated heterocycles. The fourth-order valence-corrected chi connectivity index (χ4v) is 3.51. The molecule has 30 heavy (non-hydrogen) atoms. The first-order valence-corrected chi connectivity index (χ1v) is 10.2. The van der Waals surface area contributed by atoms with Crippen molar-refractivity contribution >= 4 is 0 Å². The molecule has 0 radical (unpaired) electrons. The van der Waals surface area contributed by atoms with Crippen molar-refractivity contribution in [1.29, 1.82) is 0 Å². The van der Waals surface area contributed by atoms with Gasteiger partial charge in [-0.15, -0.1) is 0 Å². The lowest BCUT2D eigenvalue weighted by atomic mass is 9.80. The molecule has 0 aromatic heterocycles. The van der Waals surface area contributed by atoms with Crippen LogP contribution in [-0.2, 0) is 5.60 Å². The van der Waals surface area contributed by atoms with E-state index < -0.39 is 17.2 Å². The summed E-state index contributed by atoms with van der Waals surface area (Å²) in [5.74, 6) is -0.0826. The molecule has 0 bridgehead atoms. The monoisotopic (exact) mass is 411 g/mol. The Morgan fingerprint density at radius 2 is 1.13 bits per heavy atom. The van der Waals surface area contributed by atoms with Gasteiger partial charge in [-0.25, -0.2) is 8.78 Å². The molecule has 3 rings (SSSR count). The Labute approximate surface area is 176 Å². The quantitative estimate of drug-likeness (QED) is 0.505. The van der Waals surface area contributed by atoms with Crippen molar-refractivity contribution in [3.05, 3.63) is 101 Å². The van der Waals surface area contributed by atoms with E-state index in [-0.39, 0.29) is 0 Å². The second-order valence-corrected chi connectivity index (χ2v) is 7.12. The topological polar surface area (TPSA) is 32.7 Å². The molecule has 5 heteroatoms. The maximum Gasteiger partial charge on any atom is 0.140 e. The molecule has 0 heterocycles. The van der Waals surface area contributed by atoms with Gasteiger partial charge in [0.2, 0.25) is 0 Å². The van der Waals surface area contributed by atoms with E-state index in [4.69, 9.17) is 4.74 Å². The van der Waals surface area contributed by atoms with E-state index in [0.717, 1.165) is 19.6 Å². The molecule has 0 amide bonds. The smallest absolute Gasteiger partial charge is 0.140 e. The SMILES string of the molecule is CCN(CC)CCOc1ccc(C(O)(c2ccc(F)cc2)c2ccc(F)cc2)cc1. The van der Waals surface area contributed by atoms with Crippen LogP contribution in [-0.4, -0.2) is 36.2 Å². The number of hydrogen-bond acceptors (Lipinski definition) is 3. The van der Waals surface area contributed by atoms with Crippen molar-refractivity contribution in [2.75, 3.05) is 26.2 Å². The normalized spacial score (nSPS) is 11.7. The van der Waals surface area contributed by atoms with E-state index in [9.17, 15) is 13.9 Å². The highest BCUT2D eigenvalue weighted by atomic mass is 19.1. The molecular formula is C25H27F2NO2. The van der Waals surface area contributed by atoms with Crippen LogP contribution in [0, 0.1) is 11.6 Å². The summed E-state index contributed by atoms with van der Waals surface area (Å²) >= 11 is 0. The Morgan fingerprint density at radius 3 is 1.53 bits per heavy atom. The van der Waals surface area contributed by atoms with Crippen LogP contribution in [0.3, 0.4) is 0 Å². The maximum atomic E-state index is 13.5. The van der Waals surface area contributed by atoms with Crippen molar-refractivity contribution < 1.29 is 18.6 Å². The van der Waals surface area contributed by atoms with Crippen molar-refractivity contribution in [1.82, 2.24) is 4.90 Å². The third-order valence-corrected chi connectivity index (χ3v) is 5.37. The molecule has 0 unspecified atom stereocenters.